The Hall–Kier alpha value is -2.87. The lowest BCUT2D eigenvalue weighted by Gasteiger charge is -2.16. The van der Waals surface area contributed by atoms with Crippen LogP contribution in [-0.2, 0) is 31.0 Å². The Labute approximate surface area is 157 Å². The van der Waals surface area contributed by atoms with Crippen LogP contribution >= 0.6 is 0 Å². The highest BCUT2D eigenvalue weighted by molar-refractivity contribution is 7.86. The van der Waals surface area contributed by atoms with E-state index in [-0.39, 0.29) is 11.3 Å². The van der Waals surface area contributed by atoms with E-state index in [0.29, 0.717) is 0 Å². The Morgan fingerprint density at radius 2 is 1.93 bits per heavy atom. The predicted octanol–water partition coefficient (Wildman–Crippen LogP) is 1.48. The number of halogens is 2. The zero-order valence-corrected chi connectivity index (χ0v) is 15.1. The van der Waals surface area contributed by atoms with Gasteiger partial charge >= 0.3 is 27.4 Å². The van der Waals surface area contributed by atoms with Gasteiger partial charge in [0.1, 0.15) is 6.61 Å². The molecule has 0 fully saturated rings. The summed E-state index contributed by atoms with van der Waals surface area (Å²) in [5, 5.41) is 8.30. The van der Waals surface area contributed by atoms with E-state index in [1.165, 1.54) is 31.2 Å². The predicted molar refractivity (Wildman–Crippen MR) is 87.9 cm³/mol. The lowest BCUT2D eigenvalue weighted by Crippen LogP contribution is -2.37. The number of carbonyl (C=O) groups is 2. The van der Waals surface area contributed by atoms with Gasteiger partial charge in [-0.05, 0) is 6.07 Å². The van der Waals surface area contributed by atoms with Gasteiger partial charge in [0.25, 0.3) is 5.69 Å². The van der Waals surface area contributed by atoms with Gasteiger partial charge in [-0.25, -0.2) is 4.79 Å². The third-order valence-electron chi connectivity index (χ3n) is 3.26. The number of nitro groups is 1. The minimum absolute atomic E-state index is 0.127. The lowest BCUT2D eigenvalue weighted by molar-refractivity contribution is -0.385. The number of hydrogen-bond donors (Lipinski definition) is 2. The van der Waals surface area contributed by atoms with Crippen molar-refractivity contribution >= 4 is 27.9 Å². The molecule has 1 aromatic rings. The van der Waals surface area contributed by atoms with Crippen LogP contribution in [0, 0.1) is 16.0 Å². The van der Waals surface area contributed by atoms with Gasteiger partial charge in [-0.1, -0.05) is 19.1 Å². The molecule has 1 unspecified atom stereocenters. The normalized spacial score (nSPS) is 12.7. The summed E-state index contributed by atoms with van der Waals surface area (Å²) >= 11 is 0. The van der Waals surface area contributed by atoms with Crippen LogP contribution in [0.5, 0.6) is 0 Å². The molecule has 0 aliphatic heterocycles. The van der Waals surface area contributed by atoms with E-state index in [1.54, 1.807) is 0 Å². The average molecular weight is 426 g/mol. The quantitative estimate of drug-likeness (QED) is 0.258. The Kier molecular flexibility index (Phi) is 7.75. The number of rotatable bonds is 9. The molecule has 156 valence electrons. The fourth-order valence-corrected chi connectivity index (χ4v) is 1.90. The molecule has 14 heteroatoms. The first-order chi connectivity index (χ1) is 12.8. The van der Waals surface area contributed by atoms with Crippen molar-refractivity contribution < 1.29 is 45.7 Å². The zero-order valence-electron chi connectivity index (χ0n) is 14.3. The molecule has 11 nitrogen and oxygen atoms in total. The third-order valence-corrected chi connectivity index (χ3v) is 4.13. The van der Waals surface area contributed by atoms with Gasteiger partial charge in [0.15, 0.2) is 6.61 Å². The summed E-state index contributed by atoms with van der Waals surface area (Å²) in [6.45, 7) is -1.54. The van der Waals surface area contributed by atoms with E-state index in [0.717, 1.165) is 0 Å². The molecule has 0 aromatic heterocycles. The Morgan fingerprint density at radius 3 is 2.50 bits per heavy atom. The van der Waals surface area contributed by atoms with Crippen LogP contribution in [0.2, 0.25) is 0 Å². The molecule has 0 saturated heterocycles. The van der Waals surface area contributed by atoms with Gasteiger partial charge in [0.05, 0.1) is 16.4 Å². The molecule has 0 bridgehead atoms. The van der Waals surface area contributed by atoms with E-state index in [1.807, 2.05) is 0 Å². The summed E-state index contributed by atoms with van der Waals surface area (Å²) in [5.74, 6) is -2.42. The van der Waals surface area contributed by atoms with E-state index in [4.69, 9.17) is 9.29 Å². The van der Waals surface area contributed by atoms with Gasteiger partial charge in [-0.3, -0.25) is 19.5 Å². The number of benzene rings is 1. The summed E-state index contributed by atoms with van der Waals surface area (Å²) in [7, 11) is -5.74. The molecule has 1 atom stereocenters. The molecule has 0 aliphatic rings. The second-order valence-corrected chi connectivity index (χ2v) is 7.01. The van der Waals surface area contributed by atoms with Crippen LogP contribution in [0.3, 0.4) is 0 Å². The van der Waals surface area contributed by atoms with Crippen LogP contribution < -0.4 is 5.32 Å². The average Bonchev–Trinajstić information content (AvgIpc) is 2.61. The number of amides is 1. The number of carbonyl (C=O) groups excluding carboxylic acids is 2. The van der Waals surface area contributed by atoms with E-state index in [9.17, 15) is 36.9 Å². The monoisotopic (exact) mass is 426 g/mol. The summed E-state index contributed by atoms with van der Waals surface area (Å²) < 4.78 is 63.9. The maximum atomic E-state index is 13.0. The molecule has 1 rings (SSSR count). The molecular weight excluding hydrogens is 410 g/mol. The molecule has 1 amide bonds. The van der Waals surface area contributed by atoms with E-state index >= 15 is 0 Å². The fraction of sp³-hybridized carbons (Fsp3) is 0.429. The lowest BCUT2D eigenvalue weighted by atomic mass is 10.2. The summed E-state index contributed by atoms with van der Waals surface area (Å²) in [4.78, 5) is 33.3. The Balaban J connectivity index is 2.46. The molecule has 28 heavy (non-hydrogen) atoms. The van der Waals surface area contributed by atoms with E-state index < -0.39 is 58.0 Å². The first-order valence-corrected chi connectivity index (χ1v) is 8.93. The second-order valence-electron chi connectivity index (χ2n) is 5.46. The fourth-order valence-electron chi connectivity index (χ4n) is 1.70. The Bertz CT molecular complexity index is 845. The minimum Gasteiger partial charge on any atom is -0.458 e. The SMILES string of the molecule is CC(CNC(=O)OCc1ccccc1[N+](=O)[O-])C(=O)OCC(F)(F)S(=O)(=O)O. The maximum Gasteiger partial charge on any atom is 0.407 e. The minimum atomic E-state index is -5.74. The van der Waals surface area contributed by atoms with Crippen LogP contribution in [0.4, 0.5) is 19.3 Å². The molecule has 1 aromatic carbocycles. The molecule has 0 radical (unpaired) electrons. The molecule has 0 saturated carbocycles. The number of esters is 1. The number of nitrogens with one attached hydrogen (secondary N) is 1. The van der Waals surface area contributed by atoms with Crippen molar-refractivity contribution in [1.29, 1.82) is 0 Å². The van der Waals surface area contributed by atoms with Gasteiger partial charge in [-0.2, -0.15) is 17.2 Å². The highest BCUT2D eigenvalue weighted by atomic mass is 32.2. The number of nitro benzene ring substituents is 1. The molecular formula is C14H16F2N2O9S. The number of para-hydroxylation sites is 1. The number of nitrogens with zero attached hydrogens (tertiary/aromatic N) is 1. The topological polar surface area (TPSA) is 162 Å². The summed E-state index contributed by atoms with van der Waals surface area (Å²) in [5.41, 5.74) is -0.130. The van der Waals surface area contributed by atoms with Gasteiger partial charge < -0.3 is 14.8 Å². The maximum absolute atomic E-state index is 13.0. The standard InChI is InChI=1S/C14H16F2N2O9S/c1-9(12(19)27-8-14(15,16)28(23,24)25)6-17-13(20)26-7-10-4-2-3-5-11(10)18(21)22/h2-5,9H,6-8H2,1H3,(H,17,20)(H,23,24,25). The number of hydrogen-bond acceptors (Lipinski definition) is 8. The van der Waals surface area contributed by atoms with Crippen molar-refractivity contribution in [3.8, 4) is 0 Å². The van der Waals surface area contributed by atoms with Crippen LogP contribution in [0.15, 0.2) is 24.3 Å². The van der Waals surface area contributed by atoms with Crippen molar-refractivity contribution in [2.45, 2.75) is 18.8 Å². The van der Waals surface area contributed by atoms with Crippen LogP contribution in [0.25, 0.3) is 0 Å². The second kappa shape index (κ2) is 9.36. The summed E-state index contributed by atoms with van der Waals surface area (Å²) in [6.07, 6.45) is -1.04. The molecule has 0 heterocycles. The number of ether oxygens (including phenoxy) is 2. The van der Waals surface area contributed by atoms with Crippen molar-refractivity contribution in [3.63, 3.8) is 0 Å². The van der Waals surface area contributed by atoms with Crippen molar-refractivity contribution in [2.75, 3.05) is 13.2 Å². The van der Waals surface area contributed by atoms with Crippen molar-refractivity contribution in [1.82, 2.24) is 5.32 Å². The molecule has 2 N–H and O–H groups in total. The Morgan fingerprint density at radius 1 is 1.32 bits per heavy atom. The zero-order chi connectivity index (χ0) is 21.5. The highest BCUT2D eigenvalue weighted by Gasteiger charge is 2.45. The number of alkyl carbamates (subject to hydrolysis) is 1. The molecule has 0 aliphatic carbocycles. The van der Waals surface area contributed by atoms with E-state index in [2.05, 4.69) is 10.1 Å². The van der Waals surface area contributed by atoms with Crippen LogP contribution in [-0.4, -0.2) is 48.4 Å². The van der Waals surface area contributed by atoms with Crippen molar-refractivity contribution in [2.24, 2.45) is 5.92 Å². The van der Waals surface area contributed by atoms with Gasteiger partial charge in [0, 0.05) is 12.6 Å². The third kappa shape index (κ3) is 6.70. The van der Waals surface area contributed by atoms with Crippen LogP contribution in [0.1, 0.15) is 12.5 Å². The summed E-state index contributed by atoms with van der Waals surface area (Å²) in [6, 6.07) is 5.53. The van der Waals surface area contributed by atoms with Gasteiger partial charge in [0.2, 0.25) is 0 Å². The first kappa shape index (κ1) is 23.2. The highest BCUT2D eigenvalue weighted by Crippen LogP contribution is 2.21. The molecule has 0 spiro atoms. The van der Waals surface area contributed by atoms with Gasteiger partial charge in [-0.15, -0.1) is 0 Å². The number of alkyl halides is 2. The largest absolute Gasteiger partial charge is 0.458 e. The van der Waals surface area contributed by atoms with Crippen molar-refractivity contribution in [3.05, 3.63) is 39.9 Å². The smallest absolute Gasteiger partial charge is 0.407 e. The first-order valence-electron chi connectivity index (χ1n) is 7.49.